The fourth-order valence-electron chi connectivity index (χ4n) is 3.69. The summed E-state index contributed by atoms with van der Waals surface area (Å²) in [4.78, 5) is 32.3. The number of anilines is 1. The predicted molar refractivity (Wildman–Crippen MR) is 127 cm³/mol. The molecule has 0 amide bonds. The Bertz CT molecular complexity index is 1400. The quantitative estimate of drug-likeness (QED) is 0.219. The molecule has 0 aliphatic rings. The number of aromatic nitrogens is 3. The van der Waals surface area contributed by atoms with Crippen LogP contribution in [-0.2, 0) is 11.3 Å². The largest absolute Gasteiger partial charge is 0.465 e. The molecular formula is C23H20BrN5O4. The second-order valence-electron chi connectivity index (χ2n) is 7.44. The first-order valence-electron chi connectivity index (χ1n) is 10.0. The second-order valence-corrected chi connectivity index (χ2v) is 8.19. The number of hydrogen-bond acceptors (Lipinski definition) is 7. The van der Waals surface area contributed by atoms with Gasteiger partial charge in [-0.2, -0.15) is 0 Å². The lowest BCUT2D eigenvalue weighted by Gasteiger charge is -2.09. The van der Waals surface area contributed by atoms with Gasteiger partial charge >= 0.3 is 11.7 Å². The highest BCUT2D eigenvalue weighted by Crippen LogP contribution is 2.32. The molecule has 0 saturated carbocycles. The number of esters is 1. The molecule has 0 radical (unpaired) electrons. The molecule has 0 atom stereocenters. The standard InChI is InChI=1S/C23H20BrN5O4/c1-13-10-14(2)26-22(20(13)29(31)32)25-12-15-8-9-28-18(11-15)27-19(21(28)24)16-6-4-5-7-17(16)23(30)33-3/h4-11H,12H2,1-3H3,(H,25,26). The molecule has 3 aromatic heterocycles. The van der Waals surface area contributed by atoms with E-state index < -0.39 is 10.9 Å². The van der Waals surface area contributed by atoms with Gasteiger partial charge in [0.05, 0.1) is 17.6 Å². The van der Waals surface area contributed by atoms with Crippen molar-refractivity contribution in [3.8, 4) is 11.3 Å². The van der Waals surface area contributed by atoms with Gasteiger partial charge in [-0.3, -0.25) is 14.5 Å². The maximum Gasteiger partial charge on any atom is 0.338 e. The van der Waals surface area contributed by atoms with Crippen LogP contribution in [0.3, 0.4) is 0 Å². The zero-order chi connectivity index (χ0) is 23.7. The van der Waals surface area contributed by atoms with Crippen LogP contribution in [0.1, 0.15) is 27.2 Å². The number of halogens is 1. The van der Waals surface area contributed by atoms with Gasteiger partial charge in [0.1, 0.15) is 15.9 Å². The number of methoxy groups -OCH3 is 1. The van der Waals surface area contributed by atoms with Crippen molar-refractivity contribution in [2.45, 2.75) is 20.4 Å². The summed E-state index contributed by atoms with van der Waals surface area (Å²) in [5.74, 6) is -0.212. The van der Waals surface area contributed by atoms with E-state index in [9.17, 15) is 14.9 Å². The summed E-state index contributed by atoms with van der Waals surface area (Å²) in [5.41, 5.74) is 4.40. The molecule has 0 bridgehead atoms. The second kappa shape index (κ2) is 8.99. The summed E-state index contributed by atoms with van der Waals surface area (Å²) >= 11 is 3.58. The van der Waals surface area contributed by atoms with Crippen LogP contribution in [0, 0.1) is 24.0 Å². The molecule has 0 unspecified atom stereocenters. The SMILES string of the molecule is COC(=O)c1ccccc1-c1nc2cc(CNc3nc(C)cc(C)c3[N+](=O)[O-])ccn2c1Br. The zero-order valence-electron chi connectivity index (χ0n) is 18.1. The molecule has 0 aliphatic heterocycles. The van der Waals surface area contributed by atoms with Crippen LogP contribution in [0.4, 0.5) is 11.5 Å². The molecule has 3 heterocycles. The maximum absolute atomic E-state index is 12.2. The van der Waals surface area contributed by atoms with E-state index in [4.69, 9.17) is 9.72 Å². The van der Waals surface area contributed by atoms with Gasteiger partial charge in [-0.15, -0.1) is 0 Å². The number of imidazole rings is 1. The molecule has 33 heavy (non-hydrogen) atoms. The van der Waals surface area contributed by atoms with Crippen LogP contribution < -0.4 is 5.32 Å². The van der Waals surface area contributed by atoms with Crippen molar-refractivity contribution in [2.75, 3.05) is 12.4 Å². The van der Waals surface area contributed by atoms with Crippen molar-refractivity contribution in [3.63, 3.8) is 0 Å². The summed E-state index contributed by atoms with van der Waals surface area (Å²) in [6, 6.07) is 12.5. The zero-order valence-corrected chi connectivity index (χ0v) is 19.7. The average molecular weight is 510 g/mol. The van der Waals surface area contributed by atoms with E-state index in [2.05, 4.69) is 26.2 Å². The molecule has 10 heteroatoms. The fraction of sp³-hybridized carbons (Fsp3) is 0.174. The Morgan fingerprint density at radius 1 is 1.21 bits per heavy atom. The molecule has 0 fully saturated rings. The van der Waals surface area contributed by atoms with Gasteiger partial charge in [-0.05, 0) is 59.6 Å². The van der Waals surface area contributed by atoms with Crippen molar-refractivity contribution in [1.82, 2.24) is 14.4 Å². The lowest BCUT2D eigenvalue weighted by atomic mass is 10.1. The minimum absolute atomic E-state index is 0.0352. The summed E-state index contributed by atoms with van der Waals surface area (Å²) < 4.78 is 7.44. The molecule has 1 N–H and O–H groups in total. The van der Waals surface area contributed by atoms with Gasteiger partial charge in [0.15, 0.2) is 0 Å². The van der Waals surface area contributed by atoms with Crippen molar-refractivity contribution >= 4 is 39.1 Å². The topological polar surface area (TPSA) is 112 Å². The number of aryl methyl sites for hydroxylation is 2. The van der Waals surface area contributed by atoms with E-state index in [-0.39, 0.29) is 11.5 Å². The van der Waals surface area contributed by atoms with E-state index in [1.807, 2.05) is 34.9 Å². The lowest BCUT2D eigenvalue weighted by Crippen LogP contribution is -2.07. The molecule has 0 aliphatic carbocycles. The third kappa shape index (κ3) is 4.29. The number of hydrogen-bond donors (Lipinski definition) is 1. The van der Waals surface area contributed by atoms with Crippen LogP contribution in [0.5, 0.6) is 0 Å². The lowest BCUT2D eigenvalue weighted by molar-refractivity contribution is -0.384. The number of fused-ring (bicyclic) bond motifs is 1. The number of carbonyl (C=O) groups excluding carboxylic acids is 1. The first kappa shape index (κ1) is 22.4. The van der Waals surface area contributed by atoms with Crippen LogP contribution in [0.15, 0.2) is 53.3 Å². The number of pyridine rings is 2. The third-order valence-electron chi connectivity index (χ3n) is 5.17. The van der Waals surface area contributed by atoms with E-state index in [0.717, 1.165) is 5.56 Å². The molecule has 4 aromatic rings. The highest BCUT2D eigenvalue weighted by atomic mass is 79.9. The van der Waals surface area contributed by atoms with Gasteiger partial charge < -0.3 is 10.1 Å². The van der Waals surface area contributed by atoms with Gasteiger partial charge in [0, 0.05) is 29.6 Å². The Hall–Kier alpha value is -3.79. The number of carbonyl (C=O) groups is 1. The average Bonchev–Trinajstić information content (AvgIpc) is 3.12. The number of rotatable bonds is 6. The van der Waals surface area contributed by atoms with Gasteiger partial charge in [0.25, 0.3) is 0 Å². The molecular weight excluding hydrogens is 490 g/mol. The molecule has 0 saturated heterocycles. The molecule has 1 aromatic carbocycles. The number of benzene rings is 1. The van der Waals surface area contributed by atoms with E-state index in [1.165, 1.54) is 7.11 Å². The minimum atomic E-state index is -0.443. The van der Waals surface area contributed by atoms with Crippen molar-refractivity contribution < 1.29 is 14.5 Å². The number of nitrogens with one attached hydrogen (secondary N) is 1. The van der Waals surface area contributed by atoms with Gasteiger partial charge in [-0.25, -0.2) is 14.8 Å². The van der Waals surface area contributed by atoms with Crippen LogP contribution in [0.2, 0.25) is 0 Å². The maximum atomic E-state index is 12.2. The summed E-state index contributed by atoms with van der Waals surface area (Å²) in [5, 5.41) is 14.6. The van der Waals surface area contributed by atoms with Gasteiger partial charge in [-0.1, -0.05) is 18.2 Å². The smallest absolute Gasteiger partial charge is 0.338 e. The van der Waals surface area contributed by atoms with Gasteiger partial charge in [0.2, 0.25) is 5.82 Å². The molecule has 9 nitrogen and oxygen atoms in total. The summed E-state index contributed by atoms with van der Waals surface area (Å²) in [6.07, 6.45) is 1.84. The van der Waals surface area contributed by atoms with Crippen LogP contribution >= 0.6 is 15.9 Å². The van der Waals surface area contributed by atoms with Crippen LogP contribution in [0.25, 0.3) is 16.9 Å². The first-order valence-corrected chi connectivity index (χ1v) is 10.8. The highest BCUT2D eigenvalue weighted by molar-refractivity contribution is 9.10. The third-order valence-corrected chi connectivity index (χ3v) is 5.93. The monoisotopic (exact) mass is 509 g/mol. The minimum Gasteiger partial charge on any atom is -0.465 e. The molecule has 0 spiro atoms. The molecule has 4 rings (SSSR count). The Balaban J connectivity index is 1.68. The highest BCUT2D eigenvalue weighted by Gasteiger charge is 2.21. The van der Waals surface area contributed by atoms with Crippen molar-refractivity contribution in [3.05, 3.63) is 85.8 Å². The number of ether oxygens (including phenoxy) is 1. The first-order chi connectivity index (χ1) is 15.8. The predicted octanol–water partition coefficient (Wildman–Crippen LogP) is 5.08. The Labute approximate surface area is 197 Å². The number of nitrogens with zero attached hydrogens (tertiary/aromatic N) is 4. The summed E-state index contributed by atoms with van der Waals surface area (Å²) in [6.45, 7) is 3.81. The Kier molecular flexibility index (Phi) is 6.10. The normalized spacial score (nSPS) is 10.9. The van der Waals surface area contributed by atoms with E-state index in [1.54, 1.807) is 32.0 Å². The van der Waals surface area contributed by atoms with Crippen LogP contribution in [-0.4, -0.2) is 32.4 Å². The van der Waals surface area contributed by atoms with E-state index >= 15 is 0 Å². The fourth-order valence-corrected chi connectivity index (χ4v) is 4.29. The number of nitro groups is 1. The Morgan fingerprint density at radius 3 is 2.70 bits per heavy atom. The summed E-state index contributed by atoms with van der Waals surface area (Å²) in [7, 11) is 1.34. The van der Waals surface area contributed by atoms with Crippen molar-refractivity contribution in [1.29, 1.82) is 0 Å². The Morgan fingerprint density at radius 2 is 1.97 bits per heavy atom. The van der Waals surface area contributed by atoms with E-state index in [0.29, 0.717) is 44.9 Å². The molecule has 168 valence electrons. The van der Waals surface area contributed by atoms with Crippen molar-refractivity contribution in [2.24, 2.45) is 0 Å².